The van der Waals surface area contributed by atoms with Crippen LogP contribution in [0.25, 0.3) is 0 Å². The quantitative estimate of drug-likeness (QED) is 0.865. The summed E-state index contributed by atoms with van der Waals surface area (Å²) in [6, 6.07) is 7.68. The van der Waals surface area contributed by atoms with E-state index in [2.05, 4.69) is 6.58 Å². The van der Waals surface area contributed by atoms with E-state index in [0.29, 0.717) is 30.8 Å². The number of carbonyl (C=O) groups excluding carboxylic acids is 1. The number of ether oxygens (including phenoxy) is 1. The summed E-state index contributed by atoms with van der Waals surface area (Å²) in [5.41, 5.74) is 0.604. The standard InChI is InChI=1S/C17H21NO3/c1-2-9-21-16-6-4-3-5-15(16)17(20)18-12-7-8-13(18)11-14(19)10-12/h2-6,12-14,19H,1,7-11H2. The Hall–Kier alpha value is -1.81. The summed E-state index contributed by atoms with van der Waals surface area (Å²) in [5, 5.41) is 9.86. The van der Waals surface area contributed by atoms with Gasteiger partial charge in [-0.1, -0.05) is 24.8 Å². The van der Waals surface area contributed by atoms with Crippen molar-refractivity contribution < 1.29 is 14.6 Å². The number of para-hydroxylation sites is 1. The van der Waals surface area contributed by atoms with Crippen LogP contribution in [0.4, 0.5) is 0 Å². The van der Waals surface area contributed by atoms with Crippen LogP contribution in [0.1, 0.15) is 36.0 Å². The lowest BCUT2D eigenvalue weighted by atomic mass is 9.98. The normalized spacial score (nSPS) is 27.5. The van der Waals surface area contributed by atoms with Crippen LogP contribution < -0.4 is 4.74 Å². The molecule has 0 radical (unpaired) electrons. The first-order valence-corrected chi connectivity index (χ1v) is 7.54. The first-order valence-electron chi connectivity index (χ1n) is 7.54. The second-order valence-corrected chi connectivity index (χ2v) is 5.82. The fraction of sp³-hybridized carbons (Fsp3) is 0.471. The Morgan fingerprint density at radius 3 is 2.67 bits per heavy atom. The van der Waals surface area contributed by atoms with Gasteiger partial charge in [-0.15, -0.1) is 0 Å². The van der Waals surface area contributed by atoms with Crippen molar-refractivity contribution in [2.45, 2.75) is 43.9 Å². The van der Waals surface area contributed by atoms with Gasteiger partial charge in [-0.25, -0.2) is 0 Å². The highest BCUT2D eigenvalue weighted by atomic mass is 16.5. The van der Waals surface area contributed by atoms with Gasteiger partial charge in [0.1, 0.15) is 12.4 Å². The first-order chi connectivity index (χ1) is 10.2. The Morgan fingerprint density at radius 1 is 1.33 bits per heavy atom. The van der Waals surface area contributed by atoms with E-state index in [-0.39, 0.29) is 24.1 Å². The third-order valence-electron chi connectivity index (χ3n) is 4.42. The number of amides is 1. The van der Waals surface area contributed by atoms with Crippen LogP contribution in [0.5, 0.6) is 5.75 Å². The highest BCUT2D eigenvalue weighted by molar-refractivity contribution is 5.97. The van der Waals surface area contributed by atoms with E-state index in [0.717, 1.165) is 12.8 Å². The van der Waals surface area contributed by atoms with Crippen molar-refractivity contribution in [2.75, 3.05) is 6.61 Å². The molecule has 0 saturated carbocycles. The lowest BCUT2D eigenvalue weighted by Gasteiger charge is -2.37. The van der Waals surface area contributed by atoms with E-state index in [4.69, 9.17) is 4.74 Å². The van der Waals surface area contributed by atoms with Crippen molar-refractivity contribution in [1.29, 1.82) is 0 Å². The van der Waals surface area contributed by atoms with Gasteiger partial charge in [-0.05, 0) is 37.8 Å². The van der Waals surface area contributed by atoms with Gasteiger partial charge in [0, 0.05) is 12.1 Å². The Kier molecular flexibility index (Phi) is 3.97. The van der Waals surface area contributed by atoms with E-state index >= 15 is 0 Å². The zero-order valence-electron chi connectivity index (χ0n) is 12.1. The average molecular weight is 287 g/mol. The molecule has 3 rings (SSSR count). The lowest BCUT2D eigenvalue weighted by molar-refractivity contribution is 0.0284. The van der Waals surface area contributed by atoms with Gasteiger partial charge >= 0.3 is 0 Å². The molecule has 2 bridgehead atoms. The van der Waals surface area contributed by atoms with Crippen molar-refractivity contribution in [3.8, 4) is 5.75 Å². The topological polar surface area (TPSA) is 49.8 Å². The molecule has 1 amide bonds. The Balaban J connectivity index is 1.84. The molecule has 2 fully saturated rings. The van der Waals surface area contributed by atoms with Crippen LogP contribution in [0.2, 0.25) is 0 Å². The third kappa shape index (κ3) is 2.68. The molecule has 0 spiro atoms. The number of fused-ring (bicyclic) bond motifs is 2. The van der Waals surface area contributed by atoms with Gasteiger partial charge in [0.2, 0.25) is 0 Å². The second kappa shape index (κ2) is 5.90. The van der Waals surface area contributed by atoms with Crippen molar-refractivity contribution in [3.63, 3.8) is 0 Å². The van der Waals surface area contributed by atoms with E-state index in [1.807, 2.05) is 29.2 Å². The summed E-state index contributed by atoms with van der Waals surface area (Å²) < 4.78 is 5.60. The van der Waals surface area contributed by atoms with Crippen LogP contribution >= 0.6 is 0 Å². The van der Waals surface area contributed by atoms with Gasteiger partial charge in [0.25, 0.3) is 5.91 Å². The summed E-state index contributed by atoms with van der Waals surface area (Å²) in [5.74, 6) is 0.627. The highest BCUT2D eigenvalue weighted by Gasteiger charge is 2.43. The number of piperidine rings is 1. The number of aliphatic hydroxyl groups excluding tert-OH is 1. The predicted octanol–water partition coefficient (Wildman–Crippen LogP) is 2.38. The zero-order valence-corrected chi connectivity index (χ0v) is 12.1. The van der Waals surface area contributed by atoms with E-state index in [9.17, 15) is 9.90 Å². The lowest BCUT2D eigenvalue weighted by Crippen LogP contribution is -2.48. The number of hydrogen-bond acceptors (Lipinski definition) is 3. The van der Waals surface area contributed by atoms with Crippen molar-refractivity contribution in [1.82, 2.24) is 4.90 Å². The molecule has 1 N–H and O–H groups in total. The molecule has 4 heteroatoms. The summed E-state index contributed by atoms with van der Waals surface area (Å²) in [4.78, 5) is 14.9. The minimum absolute atomic E-state index is 0.0223. The Morgan fingerprint density at radius 2 is 2.00 bits per heavy atom. The second-order valence-electron chi connectivity index (χ2n) is 5.82. The fourth-order valence-electron chi connectivity index (χ4n) is 3.54. The molecule has 2 heterocycles. The highest BCUT2D eigenvalue weighted by Crippen LogP contribution is 2.37. The van der Waals surface area contributed by atoms with Crippen molar-refractivity contribution >= 4 is 5.91 Å². The zero-order chi connectivity index (χ0) is 14.8. The molecule has 2 saturated heterocycles. The predicted molar refractivity (Wildman–Crippen MR) is 80.4 cm³/mol. The summed E-state index contributed by atoms with van der Waals surface area (Å²) in [6.07, 6.45) is 4.77. The van der Waals surface area contributed by atoms with Crippen molar-refractivity contribution in [3.05, 3.63) is 42.5 Å². The van der Waals surface area contributed by atoms with Gasteiger partial charge in [0.15, 0.2) is 0 Å². The summed E-state index contributed by atoms with van der Waals surface area (Å²) in [7, 11) is 0. The smallest absolute Gasteiger partial charge is 0.258 e. The number of benzene rings is 1. The number of rotatable bonds is 4. The first kappa shape index (κ1) is 14.1. The third-order valence-corrected chi connectivity index (χ3v) is 4.42. The monoisotopic (exact) mass is 287 g/mol. The summed E-state index contributed by atoms with van der Waals surface area (Å²) >= 11 is 0. The SMILES string of the molecule is C=CCOc1ccccc1C(=O)N1C2CCC1CC(O)C2. The van der Waals surface area contributed by atoms with E-state index < -0.39 is 0 Å². The van der Waals surface area contributed by atoms with Gasteiger partial charge in [-0.3, -0.25) is 4.79 Å². The van der Waals surface area contributed by atoms with Crippen molar-refractivity contribution in [2.24, 2.45) is 0 Å². The van der Waals surface area contributed by atoms with Gasteiger partial charge in [0.05, 0.1) is 11.7 Å². The summed E-state index contributed by atoms with van der Waals surface area (Å²) in [6.45, 7) is 4.02. The van der Waals surface area contributed by atoms with E-state index in [1.165, 1.54) is 0 Å². The van der Waals surface area contributed by atoms with Crippen LogP contribution in [-0.2, 0) is 0 Å². The molecule has 2 aliphatic heterocycles. The molecule has 1 aromatic rings. The average Bonchev–Trinajstić information content (AvgIpc) is 2.76. The van der Waals surface area contributed by atoms with Crippen LogP contribution in [0.15, 0.2) is 36.9 Å². The maximum Gasteiger partial charge on any atom is 0.258 e. The maximum atomic E-state index is 12.9. The molecule has 1 aromatic carbocycles. The number of carbonyl (C=O) groups is 1. The molecule has 2 atom stereocenters. The molecule has 112 valence electrons. The number of aliphatic hydroxyl groups is 1. The minimum Gasteiger partial charge on any atom is -0.489 e. The number of nitrogens with zero attached hydrogens (tertiary/aromatic N) is 1. The van der Waals surface area contributed by atoms with Crippen LogP contribution in [0, 0.1) is 0 Å². The molecule has 0 aromatic heterocycles. The maximum absolute atomic E-state index is 12.9. The van der Waals surface area contributed by atoms with Crippen LogP contribution in [0.3, 0.4) is 0 Å². The van der Waals surface area contributed by atoms with E-state index in [1.54, 1.807) is 6.08 Å². The molecule has 0 aliphatic carbocycles. The van der Waals surface area contributed by atoms with Gasteiger partial charge in [-0.2, -0.15) is 0 Å². The molecule has 2 unspecified atom stereocenters. The molecular weight excluding hydrogens is 266 g/mol. The largest absolute Gasteiger partial charge is 0.489 e. The Bertz CT molecular complexity index is 529. The van der Waals surface area contributed by atoms with Crippen LogP contribution in [-0.4, -0.2) is 40.7 Å². The molecule has 21 heavy (non-hydrogen) atoms. The minimum atomic E-state index is -0.265. The van der Waals surface area contributed by atoms with Gasteiger partial charge < -0.3 is 14.7 Å². The Labute approximate surface area is 125 Å². The molecule has 2 aliphatic rings. The molecule has 4 nitrogen and oxygen atoms in total. The fourth-order valence-corrected chi connectivity index (χ4v) is 3.54. The number of hydrogen-bond donors (Lipinski definition) is 1. The molecular formula is C17H21NO3.